The second-order valence-corrected chi connectivity index (χ2v) is 17.0. The molecule has 0 N–H and O–H groups in total. The molecule has 6 nitrogen and oxygen atoms in total. The molecule has 0 aliphatic heterocycles. The van der Waals surface area contributed by atoms with Crippen molar-refractivity contribution in [2.45, 2.75) is 161 Å². The smallest absolute Gasteiger partial charge is 0.318 e. The predicted octanol–water partition coefficient (Wildman–Crippen LogP) is 9.65. The highest BCUT2D eigenvalue weighted by molar-refractivity contribution is 6.74. The molecule has 0 aromatic carbocycles. The number of rotatable bonds is 18. The molecule has 0 aromatic rings. The summed E-state index contributed by atoms with van der Waals surface area (Å²) in [6.45, 7) is 18.4. The lowest BCUT2D eigenvalue weighted by molar-refractivity contribution is -0.158. The van der Waals surface area contributed by atoms with Gasteiger partial charge in [0.15, 0.2) is 14.4 Å². The first-order valence-corrected chi connectivity index (χ1v) is 16.8. The summed E-state index contributed by atoms with van der Waals surface area (Å²) in [5.74, 6) is -0.543. The van der Waals surface area contributed by atoms with Gasteiger partial charge in [0.25, 0.3) is 0 Å². The Hall–Kier alpha value is -1.30. The first kappa shape index (κ1) is 33.7. The van der Waals surface area contributed by atoms with Gasteiger partial charge in [-0.25, -0.2) is 0 Å². The minimum Gasteiger partial charge on any atom is -0.460 e. The summed E-state index contributed by atoms with van der Waals surface area (Å²) in [5, 5.41) is 3.77. The molecule has 2 atom stereocenters. The third kappa shape index (κ3) is 16.1. The van der Waals surface area contributed by atoms with E-state index >= 15 is 0 Å². The molecule has 0 spiro atoms. The Kier molecular flexibility index (Phi) is 16.6. The van der Waals surface area contributed by atoms with Crippen LogP contribution in [0.1, 0.15) is 126 Å². The van der Waals surface area contributed by atoms with E-state index in [9.17, 15) is 4.79 Å². The number of unbranched alkanes of at least 4 members (excludes halogenated alkanes) is 11. The topological polar surface area (TPSA) is 84.3 Å². The summed E-state index contributed by atoms with van der Waals surface area (Å²) >= 11 is 0. The lowest BCUT2D eigenvalue weighted by atomic mass is 10.0. The van der Waals surface area contributed by atoms with Crippen molar-refractivity contribution in [3.63, 3.8) is 0 Å². The maximum atomic E-state index is 12.9. The van der Waals surface area contributed by atoms with Gasteiger partial charge in [0.05, 0.1) is 6.10 Å². The summed E-state index contributed by atoms with van der Waals surface area (Å²) in [4.78, 5) is 15.8. The fourth-order valence-corrected chi connectivity index (χ4v) is 4.79. The Morgan fingerprint density at radius 3 is 1.83 bits per heavy atom. The number of hydrogen-bond donors (Lipinski definition) is 0. The number of ether oxygens (including phenoxy) is 1. The van der Waals surface area contributed by atoms with Crippen LogP contribution in [0.15, 0.2) is 17.3 Å². The lowest BCUT2D eigenvalue weighted by Crippen LogP contribution is -2.48. The van der Waals surface area contributed by atoms with Gasteiger partial charge < -0.3 is 9.16 Å². The highest BCUT2D eigenvalue weighted by atomic mass is 28.4. The molecule has 7 heteroatoms. The van der Waals surface area contributed by atoms with Gasteiger partial charge in [-0.1, -0.05) is 109 Å². The molecule has 0 bridgehead atoms. The van der Waals surface area contributed by atoms with E-state index in [4.69, 9.17) is 14.7 Å². The van der Waals surface area contributed by atoms with Crippen molar-refractivity contribution < 1.29 is 14.0 Å². The van der Waals surface area contributed by atoms with Gasteiger partial charge in [-0.3, -0.25) is 4.79 Å². The molecule has 0 radical (unpaired) electrons. The van der Waals surface area contributed by atoms with Crippen LogP contribution < -0.4 is 0 Å². The highest BCUT2D eigenvalue weighted by Crippen LogP contribution is 2.38. The molecule has 0 amide bonds. The van der Waals surface area contributed by atoms with E-state index in [0.29, 0.717) is 0 Å². The van der Waals surface area contributed by atoms with E-state index in [1.165, 1.54) is 64.2 Å². The second-order valence-electron chi connectivity index (χ2n) is 12.3. The van der Waals surface area contributed by atoms with Gasteiger partial charge in [-0.2, -0.15) is 0 Å². The molecule has 0 aromatic heterocycles. The standard InChI is InChI=1S/C28H55N3O3Si/c1-10-11-12-13-14-15-16-17-18-19-20-21-22-23-24(34-35(8,9)28(5,6)7)25(30-31-29)26(32)33-27(2,3)4/h22-25H,10-21H2,1-9H3/b23-22+/t24-,25+/m0/s1. The lowest BCUT2D eigenvalue weighted by Gasteiger charge is -2.39. The van der Waals surface area contributed by atoms with Crippen molar-refractivity contribution in [1.82, 2.24) is 0 Å². The fraction of sp³-hybridized carbons (Fsp3) is 0.893. The van der Waals surface area contributed by atoms with Crippen molar-refractivity contribution in [3.8, 4) is 0 Å². The van der Waals surface area contributed by atoms with Gasteiger partial charge in [-0.15, -0.1) is 0 Å². The second kappa shape index (κ2) is 17.2. The quantitative estimate of drug-likeness (QED) is 0.0350. The molecule has 0 aliphatic rings. The number of allylic oxidation sites excluding steroid dienone is 1. The van der Waals surface area contributed by atoms with E-state index in [1.54, 1.807) is 0 Å². The molecular weight excluding hydrogens is 454 g/mol. The summed E-state index contributed by atoms with van der Waals surface area (Å²) in [7, 11) is -2.21. The van der Waals surface area contributed by atoms with E-state index in [1.807, 2.05) is 26.8 Å². The van der Waals surface area contributed by atoms with Crippen LogP contribution in [0.5, 0.6) is 0 Å². The first-order valence-electron chi connectivity index (χ1n) is 13.9. The summed E-state index contributed by atoms with van der Waals surface area (Å²) in [5.41, 5.74) is 8.49. The Bertz CT molecular complexity index is 659. The molecular formula is C28H55N3O3Si. The number of carbonyl (C=O) groups excluding carboxylic acids is 1. The Labute approximate surface area is 217 Å². The van der Waals surface area contributed by atoms with Gasteiger partial charge >= 0.3 is 5.97 Å². The van der Waals surface area contributed by atoms with Crippen LogP contribution in [-0.4, -0.2) is 32.0 Å². The Balaban J connectivity index is 4.90. The van der Waals surface area contributed by atoms with Crippen molar-refractivity contribution >= 4 is 14.3 Å². The highest BCUT2D eigenvalue weighted by Gasteiger charge is 2.42. The van der Waals surface area contributed by atoms with Crippen LogP contribution in [0.4, 0.5) is 0 Å². The van der Waals surface area contributed by atoms with Crippen molar-refractivity contribution in [1.29, 1.82) is 0 Å². The normalized spacial score (nSPS) is 14.5. The number of carbonyl (C=O) groups is 1. The number of esters is 1. The minimum absolute atomic E-state index is 0.0378. The van der Waals surface area contributed by atoms with Crippen LogP contribution in [0, 0.1) is 0 Å². The monoisotopic (exact) mass is 509 g/mol. The third-order valence-electron chi connectivity index (χ3n) is 6.67. The Morgan fingerprint density at radius 2 is 1.40 bits per heavy atom. The molecule has 0 rings (SSSR count). The fourth-order valence-electron chi connectivity index (χ4n) is 3.55. The molecule has 0 aliphatic carbocycles. The van der Waals surface area contributed by atoms with Gasteiger partial charge in [0.2, 0.25) is 0 Å². The Morgan fingerprint density at radius 1 is 0.914 bits per heavy atom. The van der Waals surface area contributed by atoms with Crippen LogP contribution in [0.25, 0.3) is 10.4 Å². The largest absolute Gasteiger partial charge is 0.460 e. The SMILES string of the molecule is CCCCCCCCCCCCC/C=C/[C@H](O[Si](C)(C)C(C)(C)C)[C@@H](N=[N+]=[N-])C(=O)OC(C)(C)C. The average molecular weight is 510 g/mol. The van der Waals surface area contributed by atoms with Gasteiger partial charge in [-0.05, 0) is 57.3 Å². The van der Waals surface area contributed by atoms with E-state index in [0.717, 1.165) is 12.8 Å². The molecule has 0 fully saturated rings. The number of azide groups is 1. The van der Waals surface area contributed by atoms with E-state index < -0.39 is 32.0 Å². The first-order chi connectivity index (χ1) is 16.2. The van der Waals surface area contributed by atoms with Crippen molar-refractivity contribution in [2.24, 2.45) is 5.11 Å². The maximum absolute atomic E-state index is 12.9. The molecule has 204 valence electrons. The number of hydrogen-bond acceptors (Lipinski definition) is 4. The predicted molar refractivity (Wildman–Crippen MR) is 151 cm³/mol. The molecule has 0 saturated carbocycles. The van der Waals surface area contributed by atoms with Crippen LogP contribution in [0.3, 0.4) is 0 Å². The third-order valence-corrected chi connectivity index (χ3v) is 11.1. The summed E-state index contributed by atoms with van der Waals surface area (Å²) in [6.07, 6.45) is 18.7. The van der Waals surface area contributed by atoms with E-state index in [2.05, 4.69) is 56.9 Å². The van der Waals surface area contributed by atoms with Crippen LogP contribution in [-0.2, 0) is 14.0 Å². The zero-order chi connectivity index (χ0) is 27.0. The van der Waals surface area contributed by atoms with Crippen LogP contribution in [0.2, 0.25) is 18.1 Å². The average Bonchev–Trinajstić information content (AvgIpc) is 2.72. The zero-order valence-corrected chi connectivity index (χ0v) is 25.4. The summed E-state index contributed by atoms with van der Waals surface area (Å²) in [6, 6.07) is -1.04. The maximum Gasteiger partial charge on any atom is 0.318 e. The zero-order valence-electron chi connectivity index (χ0n) is 24.4. The number of nitrogens with zero attached hydrogens (tertiary/aromatic N) is 3. The van der Waals surface area contributed by atoms with Crippen LogP contribution >= 0.6 is 0 Å². The molecule has 0 unspecified atom stereocenters. The minimum atomic E-state index is -2.21. The summed E-state index contributed by atoms with van der Waals surface area (Å²) < 4.78 is 12.1. The molecule has 0 saturated heterocycles. The van der Waals surface area contributed by atoms with E-state index in [-0.39, 0.29) is 5.04 Å². The van der Waals surface area contributed by atoms with Crippen molar-refractivity contribution in [2.75, 3.05) is 0 Å². The van der Waals surface area contributed by atoms with Gasteiger partial charge in [0.1, 0.15) is 5.60 Å². The van der Waals surface area contributed by atoms with Crippen molar-refractivity contribution in [3.05, 3.63) is 22.6 Å². The molecule has 0 heterocycles. The molecule has 35 heavy (non-hydrogen) atoms. The van der Waals surface area contributed by atoms with Gasteiger partial charge in [0, 0.05) is 4.91 Å².